The average Bonchev–Trinajstić information content (AvgIpc) is 1.10. The molecule has 5 atom stereocenters. The normalized spacial score (nSPS) is 13.9. The first-order valence-corrected chi connectivity index (χ1v) is 44.1. The lowest BCUT2D eigenvalue weighted by Gasteiger charge is -2.21. The third-order valence-corrected chi connectivity index (χ3v) is 20.4. The van der Waals surface area contributed by atoms with Gasteiger partial charge < -0.3 is 33.8 Å². The van der Waals surface area contributed by atoms with Crippen LogP contribution in [-0.2, 0) is 65.4 Å². The van der Waals surface area contributed by atoms with E-state index in [4.69, 9.17) is 37.0 Å². The zero-order valence-corrected chi connectivity index (χ0v) is 65.7. The number of carbonyl (C=O) groups is 4. The summed E-state index contributed by atoms with van der Waals surface area (Å²) in [6, 6.07) is 0. The minimum Gasteiger partial charge on any atom is -0.462 e. The maximum Gasteiger partial charge on any atom is 0.472 e. The monoisotopic (exact) mass is 1440 g/mol. The number of aliphatic hydroxyl groups excluding tert-OH is 1. The van der Waals surface area contributed by atoms with Crippen LogP contribution in [0.4, 0.5) is 0 Å². The number of phosphoric ester groups is 2. The number of aliphatic hydroxyl groups is 1. The molecule has 0 amide bonds. The fourth-order valence-electron chi connectivity index (χ4n) is 12.2. The van der Waals surface area contributed by atoms with Crippen LogP contribution in [0.2, 0.25) is 0 Å². The van der Waals surface area contributed by atoms with E-state index in [-0.39, 0.29) is 25.7 Å². The highest BCUT2D eigenvalue weighted by Gasteiger charge is 2.30. The minimum absolute atomic E-state index is 0.107. The molecule has 0 aromatic heterocycles. The van der Waals surface area contributed by atoms with E-state index in [1.807, 2.05) is 0 Å². The molecular weight excluding hydrogens is 1280 g/mol. The summed E-state index contributed by atoms with van der Waals surface area (Å²) in [6.45, 7) is 7.23. The van der Waals surface area contributed by atoms with Crippen molar-refractivity contribution < 1.29 is 80.2 Å². The van der Waals surface area contributed by atoms with Crippen LogP contribution in [0, 0.1) is 5.92 Å². The summed E-state index contributed by atoms with van der Waals surface area (Å²) in [7, 11) is -9.91. The molecule has 0 rings (SSSR count). The molecule has 98 heavy (non-hydrogen) atoms. The van der Waals surface area contributed by atoms with Gasteiger partial charge in [0, 0.05) is 25.7 Å². The quantitative estimate of drug-likeness (QED) is 0.0222. The molecule has 0 fully saturated rings. The second-order valence-corrected chi connectivity index (χ2v) is 31.8. The highest BCUT2D eigenvalue weighted by atomic mass is 31.2. The molecule has 0 aliphatic carbocycles. The first-order chi connectivity index (χ1) is 47.5. The first kappa shape index (κ1) is 96.1. The Morgan fingerprint density at radius 3 is 0.694 bits per heavy atom. The van der Waals surface area contributed by atoms with Gasteiger partial charge in [0.2, 0.25) is 0 Å². The Morgan fingerprint density at radius 2 is 0.469 bits per heavy atom. The summed E-state index contributed by atoms with van der Waals surface area (Å²) in [6.07, 6.45) is 62.7. The van der Waals surface area contributed by atoms with Crippen LogP contribution in [0.3, 0.4) is 0 Å². The molecule has 0 bridgehead atoms. The average molecular weight is 1440 g/mol. The third kappa shape index (κ3) is 72.4. The molecule has 0 saturated heterocycles. The molecule has 0 saturated carbocycles. The number of phosphoric acid groups is 2. The molecule has 2 unspecified atom stereocenters. The van der Waals surface area contributed by atoms with Gasteiger partial charge in [-0.15, -0.1) is 0 Å². The Morgan fingerprint density at radius 1 is 0.276 bits per heavy atom. The van der Waals surface area contributed by atoms with Crippen molar-refractivity contribution in [2.45, 2.75) is 438 Å². The Hall–Kier alpha value is -1.94. The Labute approximate surface area is 600 Å². The predicted octanol–water partition coefficient (Wildman–Crippen LogP) is 23.6. The van der Waals surface area contributed by atoms with Gasteiger partial charge in [-0.2, -0.15) is 0 Å². The molecule has 0 radical (unpaired) electrons. The van der Waals surface area contributed by atoms with Gasteiger partial charge in [0.15, 0.2) is 12.2 Å². The van der Waals surface area contributed by atoms with Gasteiger partial charge in [-0.05, 0) is 31.6 Å². The Balaban J connectivity index is 5.18. The largest absolute Gasteiger partial charge is 0.472 e. The van der Waals surface area contributed by atoms with Crippen LogP contribution in [0.1, 0.15) is 420 Å². The van der Waals surface area contributed by atoms with E-state index in [0.29, 0.717) is 31.6 Å². The lowest BCUT2D eigenvalue weighted by Crippen LogP contribution is -2.30. The van der Waals surface area contributed by atoms with Gasteiger partial charge in [-0.25, -0.2) is 9.13 Å². The van der Waals surface area contributed by atoms with Gasteiger partial charge in [0.25, 0.3) is 0 Å². The zero-order chi connectivity index (χ0) is 71.9. The molecule has 0 aliphatic rings. The summed E-state index contributed by atoms with van der Waals surface area (Å²) < 4.78 is 68.6. The molecule has 0 aromatic rings. The van der Waals surface area contributed by atoms with E-state index >= 15 is 0 Å². The lowest BCUT2D eigenvalue weighted by molar-refractivity contribution is -0.161. The summed E-state index contributed by atoms with van der Waals surface area (Å²) in [5.41, 5.74) is 0. The van der Waals surface area contributed by atoms with Gasteiger partial charge in [-0.3, -0.25) is 37.3 Å². The molecule has 17 nitrogen and oxygen atoms in total. The molecule has 582 valence electrons. The molecule has 0 aliphatic heterocycles. The van der Waals surface area contributed by atoms with Crippen molar-refractivity contribution in [3.63, 3.8) is 0 Å². The molecule has 3 N–H and O–H groups in total. The van der Waals surface area contributed by atoms with E-state index < -0.39 is 97.5 Å². The number of carbonyl (C=O) groups excluding carboxylic acids is 4. The Bertz CT molecular complexity index is 1870. The number of hydrogen-bond acceptors (Lipinski definition) is 15. The first-order valence-electron chi connectivity index (χ1n) is 41.1. The number of ether oxygens (including phenoxy) is 4. The topological polar surface area (TPSA) is 237 Å². The number of esters is 4. The molecule has 0 aromatic carbocycles. The van der Waals surface area contributed by atoms with Gasteiger partial charge in [0.1, 0.15) is 19.3 Å². The summed E-state index contributed by atoms with van der Waals surface area (Å²) in [5.74, 6) is -1.43. The van der Waals surface area contributed by atoms with Crippen molar-refractivity contribution in [3.8, 4) is 0 Å². The standard InChI is InChI=1S/C79H154O17P2/c1-6-9-12-15-18-21-24-27-29-30-31-32-33-34-35-36-39-42-45-48-55-60-65-78(83)95-74(68-89-76(81)62-57-52-46-43-40-38-28-25-22-19-16-13-10-7-2)70-93-97(85,86)91-66-73(80)67-92-98(87,88)94-71-75(69-90-77(82)63-58-53-50-49-51-56-61-72(4)5)96-79(84)64-59-54-47-44-41-37-26-23-20-17-14-11-8-3/h72-75,80H,6-71H2,1-5H3,(H,85,86)(H,87,88)/t73-,74-,75-/m1/s1. The van der Waals surface area contributed by atoms with Crippen molar-refractivity contribution in [1.29, 1.82) is 0 Å². The van der Waals surface area contributed by atoms with Crippen molar-refractivity contribution in [3.05, 3.63) is 0 Å². The summed E-state index contributed by atoms with van der Waals surface area (Å²) in [4.78, 5) is 72.9. The van der Waals surface area contributed by atoms with E-state index in [0.717, 1.165) is 96.3 Å². The fourth-order valence-corrected chi connectivity index (χ4v) is 13.8. The molecular formula is C79H154O17P2. The number of hydrogen-bond donors (Lipinski definition) is 3. The number of unbranched alkanes of at least 4 members (excludes halogenated alkanes) is 51. The van der Waals surface area contributed by atoms with Crippen LogP contribution in [-0.4, -0.2) is 96.7 Å². The van der Waals surface area contributed by atoms with E-state index in [1.54, 1.807) is 0 Å². The molecule has 0 heterocycles. The summed E-state index contributed by atoms with van der Waals surface area (Å²) in [5, 5.41) is 10.6. The van der Waals surface area contributed by atoms with Gasteiger partial charge in [0.05, 0.1) is 26.4 Å². The zero-order valence-electron chi connectivity index (χ0n) is 63.9. The maximum atomic E-state index is 13.1. The van der Waals surface area contributed by atoms with Crippen molar-refractivity contribution in [2.75, 3.05) is 39.6 Å². The van der Waals surface area contributed by atoms with E-state index in [9.17, 15) is 43.2 Å². The second-order valence-electron chi connectivity index (χ2n) is 28.9. The lowest BCUT2D eigenvalue weighted by atomic mass is 10.0. The second kappa shape index (κ2) is 72.0. The third-order valence-electron chi connectivity index (χ3n) is 18.5. The highest BCUT2D eigenvalue weighted by Crippen LogP contribution is 2.45. The van der Waals surface area contributed by atoms with E-state index in [1.165, 1.54) is 238 Å². The van der Waals surface area contributed by atoms with Crippen LogP contribution < -0.4 is 0 Å². The van der Waals surface area contributed by atoms with Crippen LogP contribution in [0.15, 0.2) is 0 Å². The fraction of sp³-hybridized carbons (Fsp3) is 0.949. The minimum atomic E-state index is -4.96. The van der Waals surface area contributed by atoms with Crippen LogP contribution >= 0.6 is 15.6 Å². The van der Waals surface area contributed by atoms with Crippen molar-refractivity contribution in [1.82, 2.24) is 0 Å². The van der Waals surface area contributed by atoms with Gasteiger partial charge >= 0.3 is 39.5 Å². The van der Waals surface area contributed by atoms with Crippen LogP contribution in [0.25, 0.3) is 0 Å². The van der Waals surface area contributed by atoms with Crippen molar-refractivity contribution >= 4 is 39.5 Å². The SMILES string of the molecule is CCCCCCCCCCCCCCCCCCCCCCCCC(=O)O[C@H](COC(=O)CCCCCCCCCCCCCCCC)COP(=O)(O)OC[C@@H](O)COP(=O)(O)OC[C@@H](COC(=O)CCCCCCCCC(C)C)OC(=O)CCCCCCCCCCCCCCC. The Kier molecular flexibility index (Phi) is 70.6. The van der Waals surface area contributed by atoms with Crippen LogP contribution in [0.5, 0.6) is 0 Å². The maximum absolute atomic E-state index is 13.1. The molecule has 0 spiro atoms. The summed E-state index contributed by atoms with van der Waals surface area (Å²) >= 11 is 0. The predicted molar refractivity (Wildman–Crippen MR) is 400 cm³/mol. The highest BCUT2D eigenvalue weighted by molar-refractivity contribution is 7.47. The smallest absolute Gasteiger partial charge is 0.462 e. The van der Waals surface area contributed by atoms with E-state index in [2.05, 4.69) is 34.6 Å². The molecule has 19 heteroatoms. The van der Waals surface area contributed by atoms with Gasteiger partial charge in [-0.1, -0.05) is 369 Å². The number of rotatable bonds is 79. The van der Waals surface area contributed by atoms with Crippen molar-refractivity contribution in [2.24, 2.45) is 5.92 Å².